The Kier molecular flexibility index (Phi) is 5.84. The van der Waals surface area contributed by atoms with Crippen molar-refractivity contribution in [1.82, 2.24) is 14.8 Å². The van der Waals surface area contributed by atoms with Crippen LogP contribution in [0.4, 0.5) is 4.39 Å². The maximum atomic E-state index is 13.1. The Bertz CT molecular complexity index is 1020. The summed E-state index contributed by atoms with van der Waals surface area (Å²) < 4.78 is 13.1. The van der Waals surface area contributed by atoms with Gasteiger partial charge < -0.3 is 9.80 Å². The van der Waals surface area contributed by atoms with Gasteiger partial charge in [0.1, 0.15) is 5.82 Å². The van der Waals surface area contributed by atoms with E-state index in [0.717, 1.165) is 16.7 Å². The highest BCUT2D eigenvalue weighted by atomic mass is 19.1. The summed E-state index contributed by atoms with van der Waals surface area (Å²) in [5.41, 5.74) is 3.36. The van der Waals surface area contributed by atoms with E-state index in [0.29, 0.717) is 38.2 Å². The Morgan fingerprint density at radius 2 is 1.63 bits per heavy atom. The molecule has 1 aliphatic heterocycles. The van der Waals surface area contributed by atoms with Crippen LogP contribution in [0.3, 0.4) is 0 Å². The van der Waals surface area contributed by atoms with Crippen LogP contribution in [0.15, 0.2) is 73.1 Å². The average Bonchev–Trinajstić information content (AvgIpc) is 2.96. The fourth-order valence-electron chi connectivity index (χ4n) is 3.58. The smallest absolute Gasteiger partial charge is 0.253 e. The fourth-order valence-corrected chi connectivity index (χ4v) is 3.58. The molecule has 2 aromatic carbocycles. The van der Waals surface area contributed by atoms with Gasteiger partial charge in [0.25, 0.3) is 5.91 Å². The van der Waals surface area contributed by atoms with Crippen molar-refractivity contribution < 1.29 is 14.0 Å². The van der Waals surface area contributed by atoms with Crippen LogP contribution in [0, 0.1) is 5.82 Å². The molecule has 152 valence electrons. The summed E-state index contributed by atoms with van der Waals surface area (Å²) in [5.74, 6) is -0.323. The zero-order valence-electron chi connectivity index (χ0n) is 16.5. The van der Waals surface area contributed by atoms with E-state index in [1.165, 1.54) is 12.1 Å². The van der Waals surface area contributed by atoms with Crippen molar-refractivity contribution in [3.8, 4) is 11.1 Å². The van der Waals surface area contributed by atoms with E-state index in [-0.39, 0.29) is 17.6 Å². The number of hydrogen-bond donors (Lipinski definition) is 0. The number of nitrogens with zero attached hydrogens (tertiary/aromatic N) is 3. The number of pyridine rings is 1. The van der Waals surface area contributed by atoms with Gasteiger partial charge in [-0.15, -0.1) is 0 Å². The molecule has 0 radical (unpaired) electrons. The number of aromatic nitrogens is 1. The highest BCUT2D eigenvalue weighted by molar-refractivity contribution is 5.95. The van der Waals surface area contributed by atoms with Crippen LogP contribution in [0.5, 0.6) is 0 Å². The third-order valence-corrected chi connectivity index (χ3v) is 5.28. The molecule has 3 aromatic rings. The van der Waals surface area contributed by atoms with Gasteiger partial charge in [0, 0.05) is 50.6 Å². The van der Waals surface area contributed by atoms with E-state index in [4.69, 9.17) is 0 Å². The molecule has 0 saturated carbocycles. The van der Waals surface area contributed by atoms with Crippen molar-refractivity contribution in [3.05, 3.63) is 90.0 Å². The molecule has 1 aromatic heterocycles. The summed E-state index contributed by atoms with van der Waals surface area (Å²) in [4.78, 5) is 33.0. The molecule has 4 rings (SSSR count). The van der Waals surface area contributed by atoms with Crippen LogP contribution in [-0.2, 0) is 11.3 Å². The molecule has 0 bridgehead atoms. The zero-order chi connectivity index (χ0) is 20.9. The Balaban J connectivity index is 1.42. The first-order valence-electron chi connectivity index (χ1n) is 9.92. The first-order valence-corrected chi connectivity index (χ1v) is 9.92. The molecule has 30 heavy (non-hydrogen) atoms. The lowest BCUT2D eigenvalue weighted by molar-refractivity contribution is -0.130. The van der Waals surface area contributed by atoms with Crippen LogP contribution in [0.25, 0.3) is 11.1 Å². The van der Waals surface area contributed by atoms with E-state index in [1.54, 1.807) is 46.5 Å². The van der Waals surface area contributed by atoms with Gasteiger partial charge in [0.15, 0.2) is 0 Å². The first-order chi connectivity index (χ1) is 14.6. The molecule has 6 heteroatoms. The molecule has 0 unspecified atom stereocenters. The van der Waals surface area contributed by atoms with Gasteiger partial charge in [0.2, 0.25) is 5.91 Å². The van der Waals surface area contributed by atoms with Crippen LogP contribution < -0.4 is 0 Å². The standard InChI is InChI=1S/C24H22FN3O2/c25-22-9-7-20(8-10-22)19-3-5-21(6-4-19)24(30)27-13-11-23(29)28(15-14-27)17-18-2-1-12-26-16-18/h1-10,12,16H,11,13-15,17H2. The zero-order valence-corrected chi connectivity index (χ0v) is 16.5. The maximum Gasteiger partial charge on any atom is 0.253 e. The van der Waals surface area contributed by atoms with E-state index in [1.807, 2.05) is 24.3 Å². The molecular weight excluding hydrogens is 381 g/mol. The summed E-state index contributed by atoms with van der Waals surface area (Å²) >= 11 is 0. The Hall–Kier alpha value is -3.54. The second-order valence-corrected chi connectivity index (χ2v) is 7.30. The van der Waals surface area contributed by atoms with Gasteiger partial charge >= 0.3 is 0 Å². The molecule has 1 saturated heterocycles. The molecule has 0 atom stereocenters. The summed E-state index contributed by atoms with van der Waals surface area (Å²) in [6.45, 7) is 1.89. The summed E-state index contributed by atoms with van der Waals surface area (Å²) in [7, 11) is 0. The predicted molar refractivity (Wildman–Crippen MR) is 112 cm³/mol. The quantitative estimate of drug-likeness (QED) is 0.667. The number of halogens is 1. The molecule has 2 heterocycles. The van der Waals surface area contributed by atoms with Crippen molar-refractivity contribution in [2.75, 3.05) is 19.6 Å². The van der Waals surface area contributed by atoms with E-state index < -0.39 is 0 Å². The first kappa shape index (κ1) is 19.8. The second-order valence-electron chi connectivity index (χ2n) is 7.30. The predicted octanol–water partition coefficient (Wildman–Crippen LogP) is 3.76. The molecule has 0 N–H and O–H groups in total. The Morgan fingerprint density at radius 3 is 2.30 bits per heavy atom. The lowest BCUT2D eigenvalue weighted by Gasteiger charge is -2.22. The number of carbonyl (C=O) groups excluding carboxylic acids is 2. The van der Waals surface area contributed by atoms with Gasteiger partial charge in [0.05, 0.1) is 0 Å². The second kappa shape index (κ2) is 8.86. The van der Waals surface area contributed by atoms with Crippen molar-refractivity contribution >= 4 is 11.8 Å². The molecule has 0 aliphatic carbocycles. The SMILES string of the molecule is O=C1CCN(C(=O)c2ccc(-c3ccc(F)cc3)cc2)CCN1Cc1cccnc1. The van der Waals surface area contributed by atoms with Gasteiger partial charge in [-0.1, -0.05) is 30.3 Å². The minimum absolute atomic E-state index is 0.0424. The lowest BCUT2D eigenvalue weighted by atomic mass is 10.0. The summed E-state index contributed by atoms with van der Waals surface area (Å²) in [6, 6.07) is 17.3. The fraction of sp³-hybridized carbons (Fsp3) is 0.208. The maximum absolute atomic E-state index is 13.1. The van der Waals surface area contributed by atoms with Crippen LogP contribution >= 0.6 is 0 Å². The van der Waals surface area contributed by atoms with Gasteiger partial charge in [-0.2, -0.15) is 0 Å². The van der Waals surface area contributed by atoms with E-state index in [9.17, 15) is 14.0 Å². The van der Waals surface area contributed by atoms with Crippen molar-refractivity contribution in [3.63, 3.8) is 0 Å². The normalized spacial score (nSPS) is 14.5. The third-order valence-electron chi connectivity index (χ3n) is 5.28. The highest BCUT2D eigenvalue weighted by Crippen LogP contribution is 2.21. The Labute approximate surface area is 174 Å². The van der Waals surface area contributed by atoms with E-state index >= 15 is 0 Å². The molecule has 0 spiro atoms. The Morgan fingerprint density at radius 1 is 0.933 bits per heavy atom. The van der Waals surface area contributed by atoms with Crippen molar-refractivity contribution in [1.29, 1.82) is 0 Å². The van der Waals surface area contributed by atoms with Gasteiger partial charge in [-0.25, -0.2) is 4.39 Å². The molecular formula is C24H22FN3O2. The van der Waals surface area contributed by atoms with E-state index in [2.05, 4.69) is 4.98 Å². The monoisotopic (exact) mass is 403 g/mol. The topological polar surface area (TPSA) is 53.5 Å². The number of amides is 2. The van der Waals surface area contributed by atoms with Gasteiger partial charge in [-0.3, -0.25) is 14.6 Å². The van der Waals surface area contributed by atoms with Crippen molar-refractivity contribution in [2.45, 2.75) is 13.0 Å². The van der Waals surface area contributed by atoms with Gasteiger partial charge in [-0.05, 0) is 47.0 Å². The van der Waals surface area contributed by atoms with Crippen LogP contribution in [-0.4, -0.2) is 46.2 Å². The highest BCUT2D eigenvalue weighted by Gasteiger charge is 2.24. The number of hydrogen-bond acceptors (Lipinski definition) is 3. The van der Waals surface area contributed by atoms with Crippen LogP contribution in [0.2, 0.25) is 0 Å². The molecule has 1 aliphatic rings. The average molecular weight is 403 g/mol. The summed E-state index contributed by atoms with van der Waals surface area (Å²) in [5, 5.41) is 0. The van der Waals surface area contributed by atoms with Crippen molar-refractivity contribution in [2.24, 2.45) is 0 Å². The lowest BCUT2D eigenvalue weighted by Crippen LogP contribution is -2.35. The van der Waals surface area contributed by atoms with Crippen LogP contribution in [0.1, 0.15) is 22.3 Å². The largest absolute Gasteiger partial charge is 0.336 e. The molecule has 1 fully saturated rings. The number of benzene rings is 2. The summed E-state index contributed by atoms with van der Waals surface area (Å²) in [6.07, 6.45) is 3.76. The molecule has 2 amide bonds. The minimum Gasteiger partial charge on any atom is -0.336 e. The minimum atomic E-state index is -0.279. The molecule has 5 nitrogen and oxygen atoms in total. The third kappa shape index (κ3) is 4.54. The number of rotatable bonds is 4. The number of carbonyl (C=O) groups is 2.